The molecule has 0 aromatic heterocycles. The second-order valence-electron chi connectivity index (χ2n) is 4.28. The summed E-state index contributed by atoms with van der Waals surface area (Å²) in [4.78, 5) is 0. The average molecular weight is 295 g/mol. The molecule has 1 atom stereocenters. The first-order chi connectivity index (χ1) is 8.76. The Balaban J connectivity index is 2.67. The third kappa shape index (κ3) is 4.50. The van der Waals surface area contributed by atoms with Gasteiger partial charge in [0, 0.05) is 11.8 Å². The van der Waals surface area contributed by atoms with Crippen molar-refractivity contribution in [3.8, 4) is 0 Å². The fraction of sp³-hybridized carbons (Fsp3) is 0.500. The van der Waals surface area contributed by atoms with Crippen LogP contribution in [-0.2, 0) is 9.84 Å². The maximum atomic E-state index is 13.0. The Labute approximate surface area is 110 Å². The predicted octanol–water partition coefficient (Wildman–Crippen LogP) is 2.32. The molecule has 0 radical (unpaired) electrons. The van der Waals surface area contributed by atoms with Gasteiger partial charge in [0.15, 0.2) is 17.5 Å². The molecule has 108 valence electrons. The number of benzene rings is 1. The molecule has 1 rings (SSSR count). The standard InChI is InChI=1S/C12H16F3NO2S/c1-2-19(17,18)5-3-4-11(16)8-6-9(13)12(15)10(14)7-8/h6-7,11H,2-5,16H2,1H3. The lowest BCUT2D eigenvalue weighted by Crippen LogP contribution is -2.15. The minimum Gasteiger partial charge on any atom is -0.324 e. The van der Waals surface area contributed by atoms with E-state index in [2.05, 4.69) is 0 Å². The van der Waals surface area contributed by atoms with Gasteiger partial charge in [-0.2, -0.15) is 0 Å². The normalized spacial score (nSPS) is 13.5. The highest BCUT2D eigenvalue weighted by molar-refractivity contribution is 7.91. The minimum atomic E-state index is -3.08. The highest BCUT2D eigenvalue weighted by Crippen LogP contribution is 2.21. The summed E-state index contributed by atoms with van der Waals surface area (Å²) in [5.74, 6) is -4.12. The van der Waals surface area contributed by atoms with E-state index in [9.17, 15) is 21.6 Å². The Morgan fingerprint density at radius 3 is 2.21 bits per heavy atom. The molecule has 1 aromatic rings. The van der Waals surface area contributed by atoms with E-state index in [1.165, 1.54) is 0 Å². The molecule has 0 bridgehead atoms. The first kappa shape index (κ1) is 16.0. The minimum absolute atomic E-state index is 0.0244. The Bertz CT molecular complexity index is 523. The maximum absolute atomic E-state index is 13.0. The fourth-order valence-corrected chi connectivity index (χ4v) is 2.52. The van der Waals surface area contributed by atoms with Gasteiger partial charge in [-0.05, 0) is 30.5 Å². The monoisotopic (exact) mass is 295 g/mol. The van der Waals surface area contributed by atoms with Crippen molar-refractivity contribution in [1.82, 2.24) is 0 Å². The summed E-state index contributed by atoms with van der Waals surface area (Å²) in [5.41, 5.74) is 5.82. The quantitative estimate of drug-likeness (QED) is 0.819. The van der Waals surface area contributed by atoms with Crippen LogP contribution >= 0.6 is 0 Å². The molecular weight excluding hydrogens is 279 g/mol. The molecule has 0 saturated carbocycles. The van der Waals surface area contributed by atoms with Crippen LogP contribution in [0.25, 0.3) is 0 Å². The molecule has 1 aromatic carbocycles. The van der Waals surface area contributed by atoms with Gasteiger partial charge in [0.1, 0.15) is 9.84 Å². The molecule has 1 unspecified atom stereocenters. The van der Waals surface area contributed by atoms with Crippen LogP contribution in [0.15, 0.2) is 12.1 Å². The summed E-state index contributed by atoms with van der Waals surface area (Å²) >= 11 is 0. The van der Waals surface area contributed by atoms with Crippen molar-refractivity contribution in [3.05, 3.63) is 35.1 Å². The lowest BCUT2D eigenvalue weighted by atomic mass is 10.0. The molecule has 7 heteroatoms. The van der Waals surface area contributed by atoms with Crippen molar-refractivity contribution in [2.24, 2.45) is 5.73 Å². The molecular formula is C12H16F3NO2S. The molecule has 0 saturated heterocycles. The second kappa shape index (κ2) is 6.38. The van der Waals surface area contributed by atoms with E-state index in [0.29, 0.717) is 0 Å². The smallest absolute Gasteiger partial charge is 0.194 e. The first-order valence-corrected chi connectivity index (χ1v) is 7.69. The third-order valence-electron chi connectivity index (χ3n) is 2.84. The molecule has 0 aliphatic rings. The fourth-order valence-electron chi connectivity index (χ4n) is 1.62. The van der Waals surface area contributed by atoms with Crippen LogP contribution in [0, 0.1) is 17.5 Å². The molecule has 0 aliphatic carbocycles. The van der Waals surface area contributed by atoms with E-state index < -0.39 is 33.3 Å². The molecule has 0 spiro atoms. The lowest BCUT2D eigenvalue weighted by molar-refractivity contribution is 0.442. The van der Waals surface area contributed by atoms with E-state index in [0.717, 1.165) is 12.1 Å². The largest absolute Gasteiger partial charge is 0.324 e. The third-order valence-corrected chi connectivity index (χ3v) is 4.63. The van der Waals surface area contributed by atoms with Crippen LogP contribution in [0.2, 0.25) is 0 Å². The van der Waals surface area contributed by atoms with E-state index in [-0.39, 0.29) is 29.9 Å². The number of sulfone groups is 1. The average Bonchev–Trinajstić information content (AvgIpc) is 2.35. The summed E-state index contributed by atoms with van der Waals surface area (Å²) in [5, 5.41) is 0. The molecule has 0 fully saturated rings. The van der Waals surface area contributed by atoms with Crippen LogP contribution in [0.4, 0.5) is 13.2 Å². The topological polar surface area (TPSA) is 60.2 Å². The molecule has 0 heterocycles. The zero-order valence-electron chi connectivity index (χ0n) is 10.5. The summed E-state index contributed by atoms with van der Waals surface area (Å²) in [7, 11) is -3.08. The highest BCUT2D eigenvalue weighted by atomic mass is 32.2. The zero-order chi connectivity index (χ0) is 14.6. The van der Waals surface area contributed by atoms with Crippen LogP contribution in [0.3, 0.4) is 0 Å². The van der Waals surface area contributed by atoms with Gasteiger partial charge in [0.05, 0.1) is 5.75 Å². The highest BCUT2D eigenvalue weighted by Gasteiger charge is 2.15. The van der Waals surface area contributed by atoms with Gasteiger partial charge >= 0.3 is 0 Å². The number of hydrogen-bond acceptors (Lipinski definition) is 3. The van der Waals surface area contributed by atoms with Gasteiger partial charge in [-0.15, -0.1) is 0 Å². The summed E-state index contributed by atoms with van der Waals surface area (Å²) in [6.45, 7) is 1.54. The second-order valence-corrected chi connectivity index (χ2v) is 6.76. The van der Waals surface area contributed by atoms with Crippen molar-refractivity contribution in [3.63, 3.8) is 0 Å². The molecule has 0 amide bonds. The van der Waals surface area contributed by atoms with E-state index in [4.69, 9.17) is 5.73 Å². The van der Waals surface area contributed by atoms with Gasteiger partial charge in [0.25, 0.3) is 0 Å². The SMILES string of the molecule is CCS(=O)(=O)CCCC(N)c1cc(F)c(F)c(F)c1. The summed E-state index contributed by atoms with van der Waals surface area (Å²) < 4.78 is 61.3. The van der Waals surface area contributed by atoms with Crippen molar-refractivity contribution >= 4 is 9.84 Å². The van der Waals surface area contributed by atoms with Crippen molar-refractivity contribution in [2.75, 3.05) is 11.5 Å². The molecule has 3 nitrogen and oxygen atoms in total. The summed E-state index contributed by atoms with van der Waals surface area (Å²) in [6, 6.07) is 0.936. The van der Waals surface area contributed by atoms with Crippen molar-refractivity contribution in [2.45, 2.75) is 25.8 Å². The van der Waals surface area contributed by atoms with Gasteiger partial charge in [-0.1, -0.05) is 6.92 Å². The van der Waals surface area contributed by atoms with Crippen LogP contribution < -0.4 is 5.73 Å². The zero-order valence-corrected chi connectivity index (χ0v) is 11.3. The maximum Gasteiger partial charge on any atom is 0.194 e. The van der Waals surface area contributed by atoms with Crippen LogP contribution in [0.5, 0.6) is 0 Å². The number of halogens is 3. The first-order valence-electron chi connectivity index (χ1n) is 5.87. The van der Waals surface area contributed by atoms with Gasteiger partial charge in [-0.25, -0.2) is 21.6 Å². The number of hydrogen-bond donors (Lipinski definition) is 1. The van der Waals surface area contributed by atoms with Crippen LogP contribution in [-0.4, -0.2) is 19.9 Å². The van der Waals surface area contributed by atoms with Gasteiger partial charge < -0.3 is 5.73 Å². The van der Waals surface area contributed by atoms with Crippen molar-refractivity contribution < 1.29 is 21.6 Å². The Hall–Kier alpha value is -1.08. The predicted molar refractivity (Wildman–Crippen MR) is 66.8 cm³/mol. The van der Waals surface area contributed by atoms with Gasteiger partial charge in [0.2, 0.25) is 0 Å². The molecule has 2 N–H and O–H groups in total. The van der Waals surface area contributed by atoms with E-state index >= 15 is 0 Å². The Morgan fingerprint density at radius 1 is 1.21 bits per heavy atom. The van der Waals surface area contributed by atoms with Gasteiger partial charge in [-0.3, -0.25) is 0 Å². The lowest BCUT2D eigenvalue weighted by Gasteiger charge is -2.12. The number of rotatable bonds is 6. The molecule has 19 heavy (non-hydrogen) atoms. The van der Waals surface area contributed by atoms with Crippen LogP contribution in [0.1, 0.15) is 31.4 Å². The molecule has 0 aliphatic heterocycles. The Morgan fingerprint density at radius 2 is 1.74 bits per heavy atom. The van der Waals surface area contributed by atoms with E-state index in [1.54, 1.807) is 6.92 Å². The van der Waals surface area contributed by atoms with E-state index in [1.807, 2.05) is 0 Å². The van der Waals surface area contributed by atoms with Crippen molar-refractivity contribution in [1.29, 1.82) is 0 Å². The summed E-state index contributed by atoms with van der Waals surface area (Å²) in [6.07, 6.45) is 0.543. The number of nitrogens with two attached hydrogens (primary N) is 1. The Kier molecular flexibility index (Phi) is 5.37.